The van der Waals surface area contributed by atoms with Crippen LogP contribution in [0.15, 0.2) is 61.2 Å². The summed E-state index contributed by atoms with van der Waals surface area (Å²) < 4.78 is 14.7. The van der Waals surface area contributed by atoms with Gasteiger partial charge in [-0.25, -0.2) is 4.39 Å². The molecule has 2 aromatic carbocycles. The minimum Gasteiger partial charge on any atom is -0.507 e. The maximum Gasteiger partial charge on any atom is 0.218 e. The van der Waals surface area contributed by atoms with Gasteiger partial charge in [0.15, 0.2) is 0 Å². The van der Waals surface area contributed by atoms with Crippen molar-refractivity contribution in [2.24, 2.45) is 0 Å². The number of nitrogens with zero attached hydrogens (tertiary/aromatic N) is 4. The lowest BCUT2D eigenvalue weighted by molar-refractivity contribution is -0.106. The van der Waals surface area contributed by atoms with Gasteiger partial charge in [0.05, 0.1) is 22.6 Å². The maximum atomic E-state index is 14.7. The van der Waals surface area contributed by atoms with E-state index >= 15 is 0 Å². The second kappa shape index (κ2) is 10.8. The monoisotopic (exact) mass is 494 g/mol. The van der Waals surface area contributed by atoms with E-state index in [4.69, 9.17) is 11.6 Å². The second-order valence-electron chi connectivity index (χ2n) is 8.77. The molecule has 0 radical (unpaired) electrons. The first-order valence-electron chi connectivity index (χ1n) is 11.5. The summed E-state index contributed by atoms with van der Waals surface area (Å²) in [6, 6.07) is 9.49. The number of phenolic OH excluding ortho intramolecular Hbond substituents is 1. The molecule has 1 aliphatic rings. The van der Waals surface area contributed by atoms with Gasteiger partial charge in [-0.05, 0) is 55.2 Å². The number of amides is 1. The molecule has 2 heterocycles. The number of benzene rings is 2. The van der Waals surface area contributed by atoms with Crippen LogP contribution < -0.4 is 9.80 Å². The number of carbonyl (C=O) groups is 1. The molecule has 0 spiro atoms. The highest BCUT2D eigenvalue weighted by atomic mass is 35.5. The number of hydrogen-bond acceptors (Lipinski definition) is 5. The minimum atomic E-state index is -0.486. The number of anilines is 2. The lowest BCUT2D eigenvalue weighted by Gasteiger charge is -2.28. The van der Waals surface area contributed by atoms with Crippen LogP contribution in [-0.2, 0) is 4.79 Å². The largest absolute Gasteiger partial charge is 0.507 e. The molecule has 0 aliphatic carbocycles. The van der Waals surface area contributed by atoms with E-state index in [0.29, 0.717) is 34.4 Å². The molecule has 1 fully saturated rings. The average Bonchev–Trinajstić information content (AvgIpc) is 2.86. The molecular weight excluding hydrogens is 467 g/mol. The zero-order chi connectivity index (χ0) is 24.9. The molecule has 8 heteroatoms. The van der Waals surface area contributed by atoms with Crippen LogP contribution >= 0.6 is 11.6 Å². The predicted molar refractivity (Wildman–Crippen MR) is 139 cm³/mol. The quantitative estimate of drug-likeness (QED) is 0.414. The molecule has 1 saturated heterocycles. The van der Waals surface area contributed by atoms with Crippen molar-refractivity contribution >= 4 is 29.4 Å². The van der Waals surface area contributed by atoms with Gasteiger partial charge in [-0.1, -0.05) is 17.7 Å². The van der Waals surface area contributed by atoms with E-state index in [9.17, 15) is 14.3 Å². The summed E-state index contributed by atoms with van der Waals surface area (Å²) >= 11 is 6.48. The van der Waals surface area contributed by atoms with Crippen molar-refractivity contribution in [1.82, 2.24) is 9.88 Å². The Morgan fingerprint density at radius 3 is 2.37 bits per heavy atom. The first kappa shape index (κ1) is 24.5. The van der Waals surface area contributed by atoms with Gasteiger partial charge in [-0.2, -0.15) is 0 Å². The van der Waals surface area contributed by atoms with E-state index in [1.54, 1.807) is 47.9 Å². The zero-order valence-corrected chi connectivity index (χ0v) is 20.5. The van der Waals surface area contributed by atoms with E-state index in [-0.39, 0.29) is 10.8 Å². The molecule has 35 heavy (non-hydrogen) atoms. The van der Waals surface area contributed by atoms with Gasteiger partial charge in [-0.3, -0.25) is 14.7 Å². The second-order valence-corrected chi connectivity index (χ2v) is 9.18. The molecular formula is C27H28ClFN4O2. The molecule has 3 aromatic rings. The fourth-order valence-corrected chi connectivity index (χ4v) is 4.48. The fourth-order valence-electron chi connectivity index (χ4n) is 4.20. The number of hydrogen-bond donors (Lipinski definition) is 1. The van der Waals surface area contributed by atoms with Crippen LogP contribution in [0.3, 0.4) is 0 Å². The van der Waals surface area contributed by atoms with E-state index in [1.807, 2.05) is 20.2 Å². The molecule has 0 saturated carbocycles. The highest BCUT2D eigenvalue weighted by Crippen LogP contribution is 2.41. The molecule has 1 amide bonds. The molecule has 1 aromatic heterocycles. The number of aromatic hydroxyl groups is 1. The summed E-state index contributed by atoms with van der Waals surface area (Å²) in [5, 5.41) is 11.4. The Labute approximate surface area is 209 Å². The van der Waals surface area contributed by atoms with Crippen molar-refractivity contribution < 1.29 is 14.3 Å². The van der Waals surface area contributed by atoms with Crippen molar-refractivity contribution in [2.75, 3.05) is 37.0 Å². The summed E-state index contributed by atoms with van der Waals surface area (Å²) in [5.41, 5.74) is 3.25. The Hall–Kier alpha value is -3.58. The predicted octanol–water partition coefficient (Wildman–Crippen LogP) is 5.90. The van der Waals surface area contributed by atoms with E-state index in [1.165, 1.54) is 23.5 Å². The minimum absolute atomic E-state index is 0.0624. The lowest BCUT2D eigenvalue weighted by atomic mass is 9.97. The van der Waals surface area contributed by atoms with Gasteiger partial charge in [0.1, 0.15) is 11.6 Å². The number of carbonyl (C=O) groups excluding carboxylic acids is 1. The van der Waals surface area contributed by atoms with Crippen molar-refractivity contribution in [2.45, 2.75) is 19.3 Å². The topological polar surface area (TPSA) is 59.9 Å². The number of phenols is 1. The standard InChI is InChI=1S/C27H28ClFN4O2/c1-31(2)10-11-33(18-34)26-7-6-19(13-25(26)28)23-14-21(29)15-24(27(23)35)20-12-22(17-30-16-20)32-8-4-3-5-9-32/h6-7,10-18,35H,3-5,8-9H2,1-2H3/b11-10-. The normalized spacial score (nSPS) is 13.8. The SMILES string of the molecule is CN(C)/C=C\N(C=O)c1ccc(-c2cc(F)cc(-c3cncc(N4CCCCC4)c3)c2O)cc1Cl. The first-order valence-corrected chi connectivity index (χ1v) is 11.9. The Bertz CT molecular complexity index is 1240. The van der Waals surface area contributed by atoms with Crippen LogP contribution in [0.5, 0.6) is 5.75 Å². The van der Waals surface area contributed by atoms with Crippen molar-refractivity contribution in [3.05, 3.63) is 72.0 Å². The molecule has 1 N–H and O–H groups in total. The maximum absolute atomic E-state index is 14.7. The highest BCUT2D eigenvalue weighted by molar-refractivity contribution is 6.34. The van der Waals surface area contributed by atoms with E-state index in [0.717, 1.165) is 31.6 Å². The lowest BCUT2D eigenvalue weighted by Crippen LogP contribution is -2.29. The summed E-state index contributed by atoms with van der Waals surface area (Å²) in [6.45, 7) is 1.91. The molecule has 6 nitrogen and oxygen atoms in total. The Morgan fingerprint density at radius 1 is 1.00 bits per heavy atom. The van der Waals surface area contributed by atoms with Gasteiger partial charge in [0.2, 0.25) is 6.41 Å². The van der Waals surface area contributed by atoms with E-state index in [2.05, 4.69) is 9.88 Å². The molecule has 0 unspecified atom stereocenters. The Kier molecular flexibility index (Phi) is 7.56. The van der Waals surface area contributed by atoms with Crippen LogP contribution in [0.25, 0.3) is 22.3 Å². The third kappa shape index (κ3) is 5.57. The van der Waals surface area contributed by atoms with Gasteiger partial charge in [0, 0.05) is 62.5 Å². The van der Waals surface area contributed by atoms with Crippen molar-refractivity contribution in [3.8, 4) is 28.0 Å². The average molecular weight is 495 g/mol. The Morgan fingerprint density at radius 2 is 1.71 bits per heavy atom. The third-order valence-corrected chi connectivity index (χ3v) is 6.31. The molecule has 182 valence electrons. The van der Waals surface area contributed by atoms with Crippen LogP contribution in [0.1, 0.15) is 19.3 Å². The van der Waals surface area contributed by atoms with Gasteiger partial charge in [-0.15, -0.1) is 0 Å². The molecule has 1 aliphatic heterocycles. The van der Waals surface area contributed by atoms with Crippen LogP contribution in [0, 0.1) is 5.82 Å². The molecule has 4 rings (SSSR count). The number of rotatable bonds is 7. The number of pyridine rings is 1. The number of aromatic nitrogens is 1. The van der Waals surface area contributed by atoms with Gasteiger partial charge in [0.25, 0.3) is 0 Å². The smallest absolute Gasteiger partial charge is 0.218 e. The van der Waals surface area contributed by atoms with Gasteiger partial charge < -0.3 is 14.9 Å². The van der Waals surface area contributed by atoms with Crippen LogP contribution in [-0.4, -0.2) is 48.6 Å². The van der Waals surface area contributed by atoms with Crippen LogP contribution in [0.4, 0.5) is 15.8 Å². The summed E-state index contributed by atoms with van der Waals surface area (Å²) in [6.07, 6.45) is 10.9. The summed E-state index contributed by atoms with van der Waals surface area (Å²) in [5.74, 6) is -0.549. The highest BCUT2D eigenvalue weighted by Gasteiger charge is 2.18. The molecule has 0 bridgehead atoms. The van der Waals surface area contributed by atoms with Crippen molar-refractivity contribution in [3.63, 3.8) is 0 Å². The molecule has 0 atom stereocenters. The summed E-state index contributed by atoms with van der Waals surface area (Å²) in [4.78, 5) is 21.3. The van der Waals surface area contributed by atoms with Crippen LogP contribution in [0.2, 0.25) is 5.02 Å². The number of piperidine rings is 1. The first-order chi connectivity index (χ1) is 16.9. The van der Waals surface area contributed by atoms with Gasteiger partial charge >= 0.3 is 0 Å². The zero-order valence-electron chi connectivity index (χ0n) is 19.8. The third-order valence-electron chi connectivity index (χ3n) is 6.01. The fraction of sp³-hybridized carbons (Fsp3) is 0.259. The Balaban J connectivity index is 1.71. The van der Waals surface area contributed by atoms with E-state index < -0.39 is 5.82 Å². The van der Waals surface area contributed by atoms with Crippen molar-refractivity contribution in [1.29, 1.82) is 0 Å². The summed E-state index contributed by atoms with van der Waals surface area (Å²) in [7, 11) is 3.68. The number of halogens is 2.